The largest absolute Gasteiger partial charge is 0.389 e. The van der Waals surface area contributed by atoms with Crippen LogP contribution in [0.15, 0.2) is 54.6 Å². The molecule has 0 saturated heterocycles. The molecule has 2 heterocycles. The molecule has 4 aromatic rings. The topological polar surface area (TPSA) is 99.5 Å². The van der Waals surface area contributed by atoms with Crippen molar-refractivity contribution in [3.8, 4) is 10.4 Å². The smallest absolute Gasteiger partial charge is 0.326 e. The highest BCUT2D eigenvalue weighted by atomic mass is 32.1. The lowest BCUT2D eigenvalue weighted by molar-refractivity contribution is -0.120. The Balaban J connectivity index is 1.57. The molecule has 8 nitrogen and oxygen atoms in total. The minimum absolute atomic E-state index is 0.00791. The monoisotopic (exact) mass is 551 g/mol. The van der Waals surface area contributed by atoms with Gasteiger partial charge in [-0.05, 0) is 67.3 Å². The molecular formula is C29H34FN5O3S. The highest BCUT2D eigenvalue weighted by Gasteiger charge is 2.23. The zero-order chi connectivity index (χ0) is 28.5. The summed E-state index contributed by atoms with van der Waals surface area (Å²) in [7, 11) is 1.73. The highest BCUT2D eigenvalue weighted by Crippen LogP contribution is 2.32. The molecule has 0 spiro atoms. The number of thiophene rings is 1. The predicted molar refractivity (Wildman–Crippen MR) is 156 cm³/mol. The third-order valence-electron chi connectivity index (χ3n) is 5.92. The molecular weight excluding hydrogens is 517 g/mol. The van der Waals surface area contributed by atoms with Gasteiger partial charge in [0.25, 0.3) is 0 Å². The molecule has 3 amide bonds. The Morgan fingerprint density at radius 2 is 1.72 bits per heavy atom. The number of amides is 3. The molecule has 2 aromatic heterocycles. The van der Waals surface area contributed by atoms with Crippen molar-refractivity contribution in [2.45, 2.75) is 53.2 Å². The number of nitrogens with one attached hydrogen (secondary N) is 2. The number of nitrogens with zero attached hydrogens (tertiary/aromatic N) is 3. The average Bonchev–Trinajstić information content (AvgIpc) is 3.41. The van der Waals surface area contributed by atoms with E-state index >= 15 is 0 Å². The van der Waals surface area contributed by atoms with E-state index in [2.05, 4.69) is 15.6 Å². The summed E-state index contributed by atoms with van der Waals surface area (Å²) in [6, 6.07) is 14.8. The van der Waals surface area contributed by atoms with Gasteiger partial charge in [0.15, 0.2) is 0 Å². The van der Waals surface area contributed by atoms with E-state index in [1.165, 1.54) is 23.5 Å². The molecule has 0 aliphatic rings. The second-order valence-electron chi connectivity index (χ2n) is 11.4. The van der Waals surface area contributed by atoms with E-state index < -0.39 is 11.6 Å². The lowest BCUT2D eigenvalue weighted by atomic mass is 9.91. The highest BCUT2D eigenvalue weighted by molar-refractivity contribution is 7.19. The number of rotatable bonds is 7. The summed E-state index contributed by atoms with van der Waals surface area (Å²) in [5.41, 5.74) is 1.61. The first-order valence-corrected chi connectivity index (χ1v) is 13.4. The minimum atomic E-state index is -1.07. The van der Waals surface area contributed by atoms with Crippen molar-refractivity contribution in [3.63, 3.8) is 0 Å². The van der Waals surface area contributed by atoms with Crippen LogP contribution in [0.5, 0.6) is 0 Å². The van der Waals surface area contributed by atoms with Crippen molar-refractivity contribution in [1.29, 1.82) is 0 Å². The molecule has 0 fully saturated rings. The van der Waals surface area contributed by atoms with E-state index in [-0.39, 0.29) is 29.6 Å². The van der Waals surface area contributed by atoms with Crippen LogP contribution in [0.1, 0.15) is 41.0 Å². The number of hydrogen-bond donors (Lipinski definition) is 3. The first-order valence-electron chi connectivity index (χ1n) is 12.6. The molecule has 10 heteroatoms. The summed E-state index contributed by atoms with van der Waals surface area (Å²) in [4.78, 5) is 32.8. The molecule has 206 valence electrons. The number of aromatic nitrogens is 2. The van der Waals surface area contributed by atoms with Crippen LogP contribution in [0.25, 0.3) is 21.5 Å². The Morgan fingerprint density at radius 1 is 1.03 bits per heavy atom. The number of anilines is 3. The fourth-order valence-electron chi connectivity index (χ4n) is 4.10. The molecule has 3 N–H and O–H groups in total. The van der Waals surface area contributed by atoms with Gasteiger partial charge in [0.05, 0.1) is 28.2 Å². The van der Waals surface area contributed by atoms with E-state index in [0.717, 1.165) is 10.4 Å². The van der Waals surface area contributed by atoms with E-state index in [4.69, 9.17) is 0 Å². The van der Waals surface area contributed by atoms with Crippen molar-refractivity contribution in [3.05, 3.63) is 60.4 Å². The lowest BCUT2D eigenvalue weighted by Gasteiger charge is -2.23. The van der Waals surface area contributed by atoms with Gasteiger partial charge in [-0.3, -0.25) is 15.4 Å². The van der Waals surface area contributed by atoms with Gasteiger partial charge in [-0.1, -0.05) is 32.9 Å². The van der Waals surface area contributed by atoms with Crippen LogP contribution in [0.3, 0.4) is 0 Å². The molecule has 0 aliphatic carbocycles. The van der Waals surface area contributed by atoms with Crippen LogP contribution in [0.2, 0.25) is 0 Å². The maximum Gasteiger partial charge on any atom is 0.326 e. The summed E-state index contributed by atoms with van der Waals surface area (Å²) in [5, 5.41) is 16.8. The maximum atomic E-state index is 13.3. The van der Waals surface area contributed by atoms with E-state index in [9.17, 15) is 19.1 Å². The second kappa shape index (κ2) is 10.8. The molecule has 0 atom stereocenters. The van der Waals surface area contributed by atoms with Crippen LogP contribution in [-0.4, -0.2) is 39.2 Å². The average molecular weight is 552 g/mol. The van der Waals surface area contributed by atoms with Crippen molar-refractivity contribution in [2.24, 2.45) is 5.41 Å². The summed E-state index contributed by atoms with van der Waals surface area (Å²) < 4.78 is 15.0. The molecule has 0 bridgehead atoms. The Bertz CT molecular complexity index is 1500. The zero-order valence-corrected chi connectivity index (χ0v) is 23.8. The number of halogens is 1. The van der Waals surface area contributed by atoms with E-state index in [0.29, 0.717) is 28.1 Å². The lowest BCUT2D eigenvalue weighted by Crippen LogP contribution is -2.29. The van der Waals surface area contributed by atoms with Gasteiger partial charge in [-0.2, -0.15) is 0 Å². The summed E-state index contributed by atoms with van der Waals surface area (Å²) >= 11 is 1.36. The fraction of sp³-hybridized carbons (Fsp3) is 0.345. The van der Waals surface area contributed by atoms with Gasteiger partial charge < -0.3 is 14.6 Å². The van der Waals surface area contributed by atoms with Gasteiger partial charge >= 0.3 is 6.03 Å². The number of carbonyl (C=O) groups is 2. The summed E-state index contributed by atoms with van der Waals surface area (Å²) in [5.74, 6) is -0.0514. The normalized spacial score (nSPS) is 12.0. The minimum Gasteiger partial charge on any atom is -0.389 e. The van der Waals surface area contributed by atoms with Gasteiger partial charge in [0.2, 0.25) is 11.9 Å². The molecule has 0 radical (unpaired) electrons. The Morgan fingerprint density at radius 3 is 2.36 bits per heavy atom. The standard InChI is InChI=1S/C29H34FN5O3S/c1-28(2,3)16-25(36)34(6)20-11-12-22-21(15-20)31-26(35(22)17-29(4,5)38)33-27(37)32-24-14-13-23(39-24)18-7-9-19(30)10-8-18/h7-15,38H,16-17H2,1-6H3,(H2,31,32,33,37). The molecule has 4 rings (SSSR count). The fourth-order valence-corrected chi connectivity index (χ4v) is 5.01. The number of hydrogen-bond acceptors (Lipinski definition) is 5. The summed E-state index contributed by atoms with van der Waals surface area (Å²) in [6.07, 6.45) is 0.396. The molecule has 0 aliphatic heterocycles. The SMILES string of the molecule is CN(C(=O)CC(C)(C)C)c1ccc2c(c1)nc(NC(=O)Nc1ccc(-c3ccc(F)cc3)s1)n2CC(C)(C)O. The number of benzene rings is 2. The molecule has 0 saturated carbocycles. The van der Waals surface area contributed by atoms with Crippen LogP contribution in [-0.2, 0) is 11.3 Å². The number of aliphatic hydroxyl groups is 1. The number of carbonyl (C=O) groups excluding carboxylic acids is 2. The first-order chi connectivity index (χ1) is 18.2. The molecule has 39 heavy (non-hydrogen) atoms. The second-order valence-corrected chi connectivity index (χ2v) is 12.5. The molecule has 2 aromatic carbocycles. The van der Waals surface area contributed by atoms with Crippen LogP contribution < -0.4 is 15.5 Å². The third-order valence-corrected chi connectivity index (χ3v) is 6.97. The Kier molecular flexibility index (Phi) is 7.81. The van der Waals surface area contributed by atoms with Crippen molar-refractivity contribution >= 4 is 50.9 Å². The van der Waals surface area contributed by atoms with Gasteiger partial charge in [0.1, 0.15) is 5.82 Å². The van der Waals surface area contributed by atoms with Crippen LogP contribution >= 0.6 is 11.3 Å². The van der Waals surface area contributed by atoms with Crippen molar-refractivity contribution in [2.75, 3.05) is 22.6 Å². The maximum absolute atomic E-state index is 13.3. The Hall–Kier alpha value is -3.76. The van der Waals surface area contributed by atoms with E-state index in [1.807, 2.05) is 39.0 Å². The number of fused-ring (bicyclic) bond motifs is 1. The zero-order valence-electron chi connectivity index (χ0n) is 23.0. The van der Waals surface area contributed by atoms with Gasteiger partial charge in [-0.25, -0.2) is 14.2 Å². The number of imidazole rings is 1. The number of urea groups is 1. The third kappa shape index (κ3) is 7.21. The van der Waals surface area contributed by atoms with Crippen LogP contribution in [0.4, 0.5) is 25.8 Å². The molecule has 0 unspecified atom stereocenters. The van der Waals surface area contributed by atoms with E-state index in [1.54, 1.807) is 54.6 Å². The van der Waals surface area contributed by atoms with Crippen LogP contribution in [0, 0.1) is 11.2 Å². The van der Waals surface area contributed by atoms with Gasteiger partial charge in [0, 0.05) is 24.0 Å². The first kappa shape index (κ1) is 28.3. The van der Waals surface area contributed by atoms with Crippen molar-refractivity contribution < 1.29 is 19.1 Å². The summed E-state index contributed by atoms with van der Waals surface area (Å²) in [6.45, 7) is 9.59. The van der Waals surface area contributed by atoms with Gasteiger partial charge in [-0.15, -0.1) is 11.3 Å². The van der Waals surface area contributed by atoms with Crippen molar-refractivity contribution in [1.82, 2.24) is 9.55 Å². The Labute approximate surface area is 231 Å². The predicted octanol–water partition coefficient (Wildman–Crippen LogP) is 6.72. The quantitative estimate of drug-likeness (QED) is 0.237.